The number of aromatic hydroxyl groups is 1. The van der Waals surface area contributed by atoms with Gasteiger partial charge in [-0.3, -0.25) is 0 Å². The summed E-state index contributed by atoms with van der Waals surface area (Å²) in [5.74, 6) is -1.20. The fourth-order valence-corrected chi connectivity index (χ4v) is 6.27. The first-order chi connectivity index (χ1) is 18.3. The summed E-state index contributed by atoms with van der Waals surface area (Å²) in [4.78, 5) is 26.3. The minimum Gasteiger partial charge on any atom is -0.507 e. The van der Waals surface area contributed by atoms with Gasteiger partial charge in [0, 0.05) is 44.5 Å². The maximum absolute atomic E-state index is 13.9. The zero-order valence-electron chi connectivity index (χ0n) is 26.1. The third kappa shape index (κ3) is 8.29. The smallest absolute Gasteiger partial charge is 0.347 e. The number of carbonyl (C=O) groups is 2. The number of hydrogen-bond donors (Lipinski definition) is 2. The number of carbonyl (C=O) groups excluding carboxylic acids is 1. The van der Waals surface area contributed by atoms with Crippen LogP contribution in [0.3, 0.4) is 0 Å². The van der Waals surface area contributed by atoms with Crippen LogP contribution in [0.15, 0.2) is 24.3 Å². The number of rotatable bonds is 5. The van der Waals surface area contributed by atoms with E-state index in [1.54, 1.807) is 12.1 Å². The monoisotopic (exact) mass is 662 g/mol. The summed E-state index contributed by atoms with van der Waals surface area (Å²) in [6, 6.07) is 7.52. The third-order valence-electron chi connectivity index (χ3n) is 8.69. The van der Waals surface area contributed by atoms with Crippen LogP contribution < -0.4 is 4.74 Å². The number of hydrogen-bond acceptors (Lipinski definition) is 4. The van der Waals surface area contributed by atoms with Gasteiger partial charge in [-0.15, -0.1) is 0 Å². The van der Waals surface area contributed by atoms with Crippen LogP contribution in [0.1, 0.15) is 161 Å². The fraction of sp³-hybridized carbons (Fsp3) is 0.588. The molecular weight excluding hydrogens is 619 g/mol. The van der Waals surface area contributed by atoms with Gasteiger partial charge in [-0.25, -0.2) is 9.59 Å². The van der Waals surface area contributed by atoms with Crippen molar-refractivity contribution in [2.24, 2.45) is 0 Å². The maximum atomic E-state index is 13.9. The van der Waals surface area contributed by atoms with E-state index >= 15 is 0 Å². The van der Waals surface area contributed by atoms with Gasteiger partial charge in [0.1, 0.15) is 22.6 Å². The van der Waals surface area contributed by atoms with Crippen molar-refractivity contribution in [3.8, 4) is 11.5 Å². The summed E-state index contributed by atoms with van der Waals surface area (Å²) in [6.45, 7) is 12.1. The molecule has 2 aliphatic carbocycles. The Morgan fingerprint density at radius 2 is 1.27 bits per heavy atom. The summed E-state index contributed by atoms with van der Waals surface area (Å²) in [6.07, 6.45) is 11.2. The van der Waals surface area contributed by atoms with E-state index in [1.165, 1.54) is 25.7 Å². The van der Waals surface area contributed by atoms with Crippen molar-refractivity contribution in [2.75, 3.05) is 0 Å². The Morgan fingerprint density at radius 1 is 0.732 bits per heavy atom. The Balaban J connectivity index is 0.00000294. The first kappa shape index (κ1) is 35.6. The van der Waals surface area contributed by atoms with Gasteiger partial charge in [0.05, 0.1) is 0 Å². The number of phenols is 1. The number of ether oxygens (including phenoxy) is 1. The van der Waals surface area contributed by atoms with E-state index in [0.717, 1.165) is 55.2 Å². The van der Waals surface area contributed by atoms with Crippen LogP contribution in [-0.4, -0.2) is 22.2 Å². The molecule has 0 unspecified atom stereocenters. The van der Waals surface area contributed by atoms with Gasteiger partial charge in [0.2, 0.25) is 0 Å². The quantitative estimate of drug-likeness (QED) is 0.189. The van der Waals surface area contributed by atoms with E-state index in [2.05, 4.69) is 6.07 Å². The van der Waals surface area contributed by atoms with Gasteiger partial charge in [-0.1, -0.05) is 92.2 Å². The Labute approximate surface area is 271 Å². The summed E-state index contributed by atoms with van der Waals surface area (Å²) in [7, 11) is 0. The van der Waals surface area contributed by atoms with Crippen LogP contribution in [0.5, 0.6) is 11.5 Å². The van der Waals surface area contributed by atoms with Crippen molar-refractivity contribution in [2.45, 2.75) is 128 Å². The van der Waals surface area contributed by atoms with Crippen molar-refractivity contribution in [3.05, 3.63) is 57.6 Å². The first-order valence-corrected chi connectivity index (χ1v) is 14.8. The first-order valence-electron chi connectivity index (χ1n) is 14.8. The second kappa shape index (κ2) is 14.3. The summed E-state index contributed by atoms with van der Waals surface area (Å²) >= 11 is 0. The molecule has 7 heteroatoms. The van der Waals surface area contributed by atoms with E-state index in [4.69, 9.17) is 4.74 Å². The standard InChI is InChI=1S/C34H46O5.2Zn/c1-33(2,3)24-19-27(31(36)37)30(28(20-24)34(4,5)6)39-32(38)26-18-23(21-13-9-7-10-14-21)17-25(29(26)35)22-15-11-8-12-16-22;;/h17-22,35H,7-16H2,1-6H3,(H,36,37);;. The summed E-state index contributed by atoms with van der Waals surface area (Å²) in [5, 5.41) is 21.6. The predicted octanol–water partition coefficient (Wildman–Crippen LogP) is 9.00. The van der Waals surface area contributed by atoms with Crippen molar-refractivity contribution in [3.63, 3.8) is 0 Å². The zero-order valence-corrected chi connectivity index (χ0v) is 32.0. The molecule has 0 bridgehead atoms. The fourth-order valence-electron chi connectivity index (χ4n) is 6.27. The van der Waals surface area contributed by atoms with E-state index in [9.17, 15) is 19.8 Å². The van der Waals surface area contributed by atoms with Gasteiger partial charge >= 0.3 is 11.9 Å². The minimum atomic E-state index is -1.14. The molecule has 0 atom stereocenters. The predicted molar refractivity (Wildman–Crippen MR) is 156 cm³/mol. The van der Waals surface area contributed by atoms with Gasteiger partial charge in [0.15, 0.2) is 0 Å². The molecule has 0 saturated heterocycles. The molecule has 0 amide bonds. The number of benzene rings is 2. The Morgan fingerprint density at radius 3 is 1.76 bits per heavy atom. The Kier molecular flexibility index (Phi) is 12.4. The van der Waals surface area contributed by atoms with Crippen LogP contribution >= 0.6 is 0 Å². The van der Waals surface area contributed by atoms with Gasteiger partial charge in [-0.2, -0.15) is 0 Å². The second-order valence-corrected chi connectivity index (χ2v) is 13.8. The Bertz CT molecular complexity index is 1230. The normalized spacial score (nSPS) is 16.8. The summed E-state index contributed by atoms with van der Waals surface area (Å²) in [5.41, 5.74) is 2.84. The van der Waals surface area contributed by atoms with E-state index in [0.29, 0.717) is 11.5 Å². The van der Waals surface area contributed by atoms with Crippen molar-refractivity contribution >= 4 is 11.9 Å². The van der Waals surface area contributed by atoms with Crippen molar-refractivity contribution < 1.29 is 63.5 Å². The molecule has 41 heavy (non-hydrogen) atoms. The topological polar surface area (TPSA) is 83.8 Å². The van der Waals surface area contributed by atoms with Crippen LogP contribution in [0, 0.1) is 0 Å². The second-order valence-electron chi connectivity index (χ2n) is 13.8. The summed E-state index contributed by atoms with van der Waals surface area (Å²) < 4.78 is 6.00. The molecule has 2 N–H and O–H groups in total. The number of carboxylic acid groups (broad SMARTS) is 1. The molecule has 216 valence electrons. The van der Waals surface area contributed by atoms with Crippen molar-refractivity contribution in [1.29, 1.82) is 0 Å². The van der Waals surface area contributed by atoms with Crippen molar-refractivity contribution in [1.82, 2.24) is 0 Å². The molecular formula is C34H46O5Zn2. The van der Waals surface area contributed by atoms with Gasteiger partial charge in [-0.05, 0) is 77.2 Å². The molecule has 2 saturated carbocycles. The van der Waals surface area contributed by atoms with Crippen LogP contribution in [0.4, 0.5) is 0 Å². The largest absolute Gasteiger partial charge is 0.507 e. The maximum Gasteiger partial charge on any atom is 0.347 e. The molecule has 2 aromatic rings. The Hall–Kier alpha value is -1.57. The number of carboxylic acids is 1. The molecule has 4 rings (SSSR count). The molecule has 0 aliphatic heterocycles. The van der Waals surface area contributed by atoms with Crippen LogP contribution in [0.25, 0.3) is 0 Å². The molecule has 5 nitrogen and oxygen atoms in total. The van der Waals surface area contributed by atoms with Gasteiger partial charge < -0.3 is 14.9 Å². The third-order valence-corrected chi connectivity index (χ3v) is 8.69. The average molecular weight is 666 g/mol. The van der Waals surface area contributed by atoms with Crippen LogP contribution in [0.2, 0.25) is 0 Å². The van der Waals surface area contributed by atoms with Crippen LogP contribution in [-0.2, 0) is 49.8 Å². The van der Waals surface area contributed by atoms with E-state index in [1.807, 2.05) is 47.6 Å². The van der Waals surface area contributed by atoms with Gasteiger partial charge in [0.25, 0.3) is 0 Å². The molecule has 0 aromatic heterocycles. The molecule has 2 aliphatic rings. The SMILES string of the molecule is CC(C)(C)c1cc(C(=O)O)c(OC(=O)c2cc(C3CCCCC3)cc(C3CCCCC3)c2O)c(C(C)(C)C)c1.[Zn].[Zn]. The number of aromatic carboxylic acids is 1. The molecule has 0 spiro atoms. The zero-order chi connectivity index (χ0) is 28.5. The number of esters is 1. The minimum absolute atomic E-state index is 0. The molecule has 2 fully saturated rings. The molecule has 2 aromatic carbocycles. The van der Waals surface area contributed by atoms with E-state index < -0.39 is 17.4 Å². The average Bonchev–Trinajstić information content (AvgIpc) is 2.88. The number of phenolic OH excluding ortho intramolecular Hbond substituents is 1. The molecule has 0 heterocycles. The molecule has 0 radical (unpaired) electrons. The van der Waals surface area contributed by atoms with E-state index in [-0.39, 0.29) is 72.9 Å².